The minimum atomic E-state index is -0.637. The zero-order chi connectivity index (χ0) is 21.4. The Morgan fingerprint density at radius 1 is 0.800 bits per heavy atom. The molecule has 0 unspecified atom stereocenters. The molecule has 1 N–H and O–H groups in total. The van der Waals surface area contributed by atoms with Crippen molar-refractivity contribution in [2.75, 3.05) is 5.32 Å². The number of ketones is 1. The molecule has 1 amide bonds. The predicted molar refractivity (Wildman–Crippen MR) is 121 cm³/mol. The number of amides is 1. The van der Waals surface area contributed by atoms with Gasteiger partial charge in [0.25, 0.3) is 11.7 Å². The van der Waals surface area contributed by atoms with Crippen molar-refractivity contribution in [2.45, 2.75) is 27.7 Å². The third-order valence-electron chi connectivity index (χ3n) is 5.38. The lowest BCUT2D eigenvalue weighted by atomic mass is 10.0. The van der Waals surface area contributed by atoms with Crippen LogP contribution in [0.15, 0.2) is 66.9 Å². The monoisotopic (exact) mass is 396 g/mol. The normalized spacial score (nSPS) is 10.9. The number of nitrogens with one attached hydrogen (secondary N) is 1. The maximum atomic E-state index is 13.3. The molecule has 150 valence electrons. The van der Waals surface area contributed by atoms with Crippen LogP contribution in [-0.2, 0) is 4.79 Å². The minimum absolute atomic E-state index is 0.370. The van der Waals surface area contributed by atoms with Gasteiger partial charge in [0.2, 0.25) is 0 Å². The molecule has 0 spiro atoms. The Kier molecular flexibility index (Phi) is 5.00. The van der Waals surface area contributed by atoms with Gasteiger partial charge in [-0.1, -0.05) is 53.6 Å². The zero-order valence-corrected chi connectivity index (χ0v) is 17.6. The lowest BCUT2D eigenvalue weighted by Gasteiger charge is -2.13. The van der Waals surface area contributed by atoms with Crippen LogP contribution in [0, 0.1) is 27.7 Å². The average molecular weight is 396 g/mol. The van der Waals surface area contributed by atoms with Gasteiger partial charge in [0.15, 0.2) is 0 Å². The van der Waals surface area contributed by atoms with Gasteiger partial charge in [-0.3, -0.25) is 9.59 Å². The fourth-order valence-electron chi connectivity index (χ4n) is 3.96. The molecule has 2 aromatic heterocycles. The van der Waals surface area contributed by atoms with Crippen molar-refractivity contribution in [3.05, 3.63) is 94.8 Å². The van der Waals surface area contributed by atoms with Crippen molar-refractivity contribution < 1.29 is 9.59 Å². The fraction of sp³-hybridized carbons (Fsp3) is 0.154. The largest absolute Gasteiger partial charge is 0.319 e. The lowest BCUT2D eigenvalue weighted by Crippen LogP contribution is -2.25. The van der Waals surface area contributed by atoms with Crippen molar-refractivity contribution >= 4 is 22.9 Å². The van der Waals surface area contributed by atoms with E-state index >= 15 is 0 Å². The molecule has 4 nitrogen and oxygen atoms in total. The van der Waals surface area contributed by atoms with E-state index in [4.69, 9.17) is 0 Å². The Hall–Kier alpha value is -3.66. The maximum absolute atomic E-state index is 13.3. The van der Waals surface area contributed by atoms with E-state index in [1.54, 1.807) is 4.40 Å². The second-order valence-electron chi connectivity index (χ2n) is 7.83. The van der Waals surface area contributed by atoms with Gasteiger partial charge in [0, 0.05) is 23.0 Å². The van der Waals surface area contributed by atoms with Crippen molar-refractivity contribution in [1.82, 2.24) is 4.40 Å². The smallest absolute Gasteiger partial charge is 0.298 e. The Balaban J connectivity index is 1.78. The van der Waals surface area contributed by atoms with E-state index < -0.39 is 11.7 Å². The highest BCUT2D eigenvalue weighted by Crippen LogP contribution is 2.29. The minimum Gasteiger partial charge on any atom is -0.319 e. The Labute approximate surface area is 176 Å². The highest BCUT2D eigenvalue weighted by molar-refractivity contribution is 6.47. The number of benzene rings is 2. The van der Waals surface area contributed by atoms with E-state index in [0.717, 1.165) is 38.9 Å². The molecule has 0 saturated carbocycles. The van der Waals surface area contributed by atoms with Crippen LogP contribution in [0.25, 0.3) is 16.6 Å². The first kappa shape index (κ1) is 19.6. The molecule has 4 rings (SSSR count). The Bertz CT molecular complexity index is 1260. The van der Waals surface area contributed by atoms with Crippen molar-refractivity contribution in [3.8, 4) is 11.1 Å². The average Bonchev–Trinajstić information content (AvgIpc) is 3.10. The molecule has 0 aliphatic heterocycles. The number of carbonyl (C=O) groups excluding carboxylic acids is 2. The number of aryl methyl sites for hydroxylation is 4. The number of nitrogens with zero attached hydrogens (tertiary/aromatic N) is 1. The molecule has 4 heteroatoms. The van der Waals surface area contributed by atoms with Crippen molar-refractivity contribution in [3.63, 3.8) is 0 Å². The summed E-state index contributed by atoms with van der Waals surface area (Å²) in [7, 11) is 0. The number of hydrogen-bond donors (Lipinski definition) is 1. The third kappa shape index (κ3) is 3.52. The van der Waals surface area contributed by atoms with Gasteiger partial charge < -0.3 is 9.72 Å². The summed E-state index contributed by atoms with van der Waals surface area (Å²) in [6, 6.07) is 19.6. The molecular weight excluding hydrogens is 372 g/mol. The SMILES string of the molecule is Cc1ccc(-c2cc3ccccn3c2C(=O)C(=O)Nc2c(C)cc(C)cc2C)cc1. The highest BCUT2D eigenvalue weighted by Gasteiger charge is 2.25. The van der Waals surface area contributed by atoms with E-state index in [1.807, 2.05) is 94.6 Å². The Morgan fingerprint density at radius 3 is 2.13 bits per heavy atom. The number of hydrogen-bond acceptors (Lipinski definition) is 2. The topological polar surface area (TPSA) is 50.6 Å². The molecule has 4 aromatic rings. The predicted octanol–water partition coefficient (Wildman–Crippen LogP) is 5.66. The molecule has 0 saturated heterocycles. The summed E-state index contributed by atoms with van der Waals surface area (Å²) in [5, 5.41) is 2.84. The van der Waals surface area contributed by atoms with Gasteiger partial charge in [-0.25, -0.2) is 0 Å². The summed E-state index contributed by atoms with van der Waals surface area (Å²) in [4.78, 5) is 26.3. The second-order valence-corrected chi connectivity index (χ2v) is 7.83. The van der Waals surface area contributed by atoms with Crippen LogP contribution in [0.3, 0.4) is 0 Å². The summed E-state index contributed by atoms with van der Waals surface area (Å²) in [6.45, 7) is 7.90. The van der Waals surface area contributed by atoms with Gasteiger partial charge in [0.05, 0.1) is 0 Å². The van der Waals surface area contributed by atoms with Gasteiger partial charge in [-0.15, -0.1) is 0 Å². The quantitative estimate of drug-likeness (QED) is 0.357. The summed E-state index contributed by atoms with van der Waals surface area (Å²) >= 11 is 0. The van der Waals surface area contributed by atoms with E-state index in [9.17, 15) is 9.59 Å². The standard InChI is InChI=1S/C26H24N2O2/c1-16-8-10-20(11-9-16)22-15-21-7-5-6-12-28(21)24(22)25(29)26(30)27-23-18(3)13-17(2)14-19(23)4/h5-15H,1-4H3,(H,27,30). The van der Waals surface area contributed by atoms with E-state index in [-0.39, 0.29) is 0 Å². The van der Waals surface area contributed by atoms with Crippen LogP contribution >= 0.6 is 0 Å². The van der Waals surface area contributed by atoms with Crippen LogP contribution in [0.2, 0.25) is 0 Å². The summed E-state index contributed by atoms with van der Waals surface area (Å²) in [5.41, 5.74) is 7.71. The van der Waals surface area contributed by atoms with E-state index in [0.29, 0.717) is 11.4 Å². The number of aromatic nitrogens is 1. The van der Waals surface area contributed by atoms with Crippen LogP contribution in [0.5, 0.6) is 0 Å². The molecule has 2 heterocycles. The molecule has 2 aromatic carbocycles. The molecular formula is C26H24N2O2. The number of pyridine rings is 1. The first-order chi connectivity index (χ1) is 14.3. The molecule has 0 fully saturated rings. The summed E-state index contributed by atoms with van der Waals surface area (Å²) in [6.07, 6.45) is 1.82. The van der Waals surface area contributed by atoms with Crippen LogP contribution in [-0.4, -0.2) is 16.1 Å². The Morgan fingerprint density at radius 2 is 1.47 bits per heavy atom. The molecule has 0 bridgehead atoms. The second kappa shape index (κ2) is 7.64. The van der Waals surface area contributed by atoms with Gasteiger partial charge >= 0.3 is 0 Å². The fourth-order valence-corrected chi connectivity index (χ4v) is 3.96. The molecule has 30 heavy (non-hydrogen) atoms. The number of Topliss-reactive ketones (excluding diaryl/α,β-unsaturated/α-hetero) is 1. The van der Waals surface area contributed by atoms with Gasteiger partial charge in [-0.2, -0.15) is 0 Å². The molecule has 0 aliphatic carbocycles. The van der Waals surface area contributed by atoms with Gasteiger partial charge in [0.1, 0.15) is 5.69 Å². The van der Waals surface area contributed by atoms with Crippen LogP contribution in [0.4, 0.5) is 5.69 Å². The number of rotatable bonds is 4. The summed E-state index contributed by atoms with van der Waals surface area (Å²) < 4.78 is 1.78. The van der Waals surface area contributed by atoms with Crippen LogP contribution < -0.4 is 5.32 Å². The van der Waals surface area contributed by atoms with E-state index in [2.05, 4.69) is 5.32 Å². The zero-order valence-electron chi connectivity index (χ0n) is 17.6. The summed E-state index contributed by atoms with van der Waals surface area (Å²) in [5.74, 6) is -1.20. The number of carbonyl (C=O) groups is 2. The highest BCUT2D eigenvalue weighted by atomic mass is 16.2. The number of anilines is 1. The van der Waals surface area contributed by atoms with Crippen molar-refractivity contribution in [1.29, 1.82) is 0 Å². The van der Waals surface area contributed by atoms with Crippen molar-refractivity contribution in [2.24, 2.45) is 0 Å². The number of fused-ring (bicyclic) bond motifs is 1. The first-order valence-corrected chi connectivity index (χ1v) is 9.96. The van der Waals surface area contributed by atoms with Gasteiger partial charge in [-0.05, 0) is 62.6 Å². The first-order valence-electron chi connectivity index (χ1n) is 9.96. The van der Waals surface area contributed by atoms with E-state index in [1.165, 1.54) is 0 Å². The lowest BCUT2D eigenvalue weighted by molar-refractivity contribution is -0.112. The molecule has 0 aliphatic rings. The van der Waals surface area contributed by atoms with Crippen LogP contribution in [0.1, 0.15) is 32.7 Å². The molecule has 0 radical (unpaired) electrons. The molecule has 0 atom stereocenters. The third-order valence-corrected chi connectivity index (χ3v) is 5.38. The maximum Gasteiger partial charge on any atom is 0.298 e.